The van der Waals surface area contributed by atoms with E-state index in [0.717, 1.165) is 25.8 Å². The van der Waals surface area contributed by atoms with E-state index in [2.05, 4.69) is 5.32 Å². The number of hydrogen-bond donors (Lipinski definition) is 3. The quantitative estimate of drug-likeness (QED) is 0.693. The normalized spacial score (nSPS) is 16.3. The van der Waals surface area contributed by atoms with Crippen molar-refractivity contribution in [3.63, 3.8) is 0 Å². The van der Waals surface area contributed by atoms with Gasteiger partial charge in [0.25, 0.3) is 0 Å². The molecule has 0 aromatic heterocycles. The molecule has 0 bridgehead atoms. The largest absolute Gasteiger partial charge is 0.396 e. The molecule has 0 radical (unpaired) electrons. The zero-order valence-corrected chi connectivity index (χ0v) is 10.8. The Kier molecular flexibility index (Phi) is 4.17. The predicted octanol–water partition coefficient (Wildman–Crippen LogP) is 1.18. The van der Waals surface area contributed by atoms with Crippen LogP contribution in [0.1, 0.15) is 35.2 Å². The second-order valence-electron chi connectivity index (χ2n) is 5.25. The van der Waals surface area contributed by atoms with Crippen LogP contribution in [-0.2, 0) is 6.54 Å². The number of nitrogens with one attached hydrogen (secondary N) is 1. The molecule has 1 fully saturated rings. The van der Waals surface area contributed by atoms with E-state index in [-0.39, 0.29) is 17.6 Å². The second kappa shape index (κ2) is 5.67. The number of carbonyl (C=O) groups is 1. The maximum Gasteiger partial charge on any atom is 0.248 e. The number of amides is 1. The SMILES string of the molecule is NC(=O)c1ccc(CNCC2(CCO)CC2)c(F)c1. The summed E-state index contributed by atoms with van der Waals surface area (Å²) in [6, 6.07) is 4.27. The third-order valence-corrected chi connectivity index (χ3v) is 3.75. The number of hydrogen-bond acceptors (Lipinski definition) is 3. The third kappa shape index (κ3) is 3.52. The number of carbonyl (C=O) groups excluding carboxylic acids is 1. The van der Waals surface area contributed by atoms with Gasteiger partial charge in [-0.3, -0.25) is 4.79 Å². The maximum atomic E-state index is 13.7. The van der Waals surface area contributed by atoms with Crippen molar-refractivity contribution in [2.24, 2.45) is 11.1 Å². The summed E-state index contributed by atoms with van der Waals surface area (Å²) in [5, 5.41) is 12.2. The van der Waals surface area contributed by atoms with Crippen LogP contribution >= 0.6 is 0 Å². The minimum Gasteiger partial charge on any atom is -0.396 e. The van der Waals surface area contributed by atoms with E-state index in [4.69, 9.17) is 10.8 Å². The smallest absolute Gasteiger partial charge is 0.248 e. The standard InChI is InChI=1S/C14H19FN2O2/c15-12-7-10(13(16)19)1-2-11(12)8-17-9-14(3-4-14)5-6-18/h1-2,7,17-18H,3-6,8-9H2,(H2,16,19). The van der Waals surface area contributed by atoms with Crippen LogP contribution in [0, 0.1) is 11.2 Å². The van der Waals surface area contributed by atoms with Crippen molar-refractivity contribution < 1.29 is 14.3 Å². The van der Waals surface area contributed by atoms with Crippen molar-refractivity contribution in [2.75, 3.05) is 13.2 Å². The van der Waals surface area contributed by atoms with E-state index in [1.54, 1.807) is 6.07 Å². The summed E-state index contributed by atoms with van der Waals surface area (Å²) in [4.78, 5) is 10.9. The van der Waals surface area contributed by atoms with Crippen molar-refractivity contribution in [1.82, 2.24) is 5.32 Å². The highest BCUT2D eigenvalue weighted by atomic mass is 19.1. The van der Waals surface area contributed by atoms with Gasteiger partial charge in [-0.1, -0.05) is 6.07 Å². The van der Waals surface area contributed by atoms with Gasteiger partial charge in [-0.05, 0) is 36.8 Å². The molecule has 1 aromatic carbocycles. The molecule has 1 amide bonds. The van der Waals surface area contributed by atoms with E-state index >= 15 is 0 Å². The summed E-state index contributed by atoms with van der Waals surface area (Å²) in [7, 11) is 0. The fourth-order valence-electron chi connectivity index (χ4n) is 2.24. The fourth-order valence-corrected chi connectivity index (χ4v) is 2.24. The molecule has 0 heterocycles. The van der Waals surface area contributed by atoms with Crippen LogP contribution in [0.5, 0.6) is 0 Å². The minimum absolute atomic E-state index is 0.181. The number of aliphatic hydroxyl groups is 1. The van der Waals surface area contributed by atoms with Gasteiger partial charge in [0.15, 0.2) is 0 Å². The van der Waals surface area contributed by atoms with Gasteiger partial charge >= 0.3 is 0 Å². The monoisotopic (exact) mass is 266 g/mol. The summed E-state index contributed by atoms with van der Waals surface area (Å²) < 4.78 is 13.7. The molecular weight excluding hydrogens is 247 g/mol. The van der Waals surface area contributed by atoms with Crippen LogP contribution in [0.4, 0.5) is 4.39 Å². The van der Waals surface area contributed by atoms with E-state index in [1.807, 2.05) is 0 Å². The van der Waals surface area contributed by atoms with Gasteiger partial charge in [-0.2, -0.15) is 0 Å². The molecule has 4 nitrogen and oxygen atoms in total. The van der Waals surface area contributed by atoms with Crippen LogP contribution < -0.4 is 11.1 Å². The number of benzene rings is 1. The summed E-state index contributed by atoms with van der Waals surface area (Å²) in [5.41, 5.74) is 5.99. The Morgan fingerprint density at radius 1 is 1.47 bits per heavy atom. The molecule has 0 spiro atoms. The van der Waals surface area contributed by atoms with Crippen LogP contribution in [0.3, 0.4) is 0 Å². The minimum atomic E-state index is -0.627. The van der Waals surface area contributed by atoms with Crippen molar-refractivity contribution in [3.05, 3.63) is 35.1 Å². The summed E-state index contributed by atoms with van der Waals surface area (Å²) in [6.07, 6.45) is 3.02. The van der Waals surface area contributed by atoms with Gasteiger partial charge in [-0.15, -0.1) is 0 Å². The lowest BCUT2D eigenvalue weighted by Crippen LogP contribution is -2.25. The molecular formula is C14H19FN2O2. The van der Waals surface area contributed by atoms with Gasteiger partial charge < -0.3 is 16.2 Å². The molecule has 0 atom stereocenters. The Hall–Kier alpha value is -1.46. The molecule has 1 saturated carbocycles. The zero-order chi connectivity index (χ0) is 13.9. The van der Waals surface area contributed by atoms with Gasteiger partial charge in [0, 0.05) is 30.8 Å². The molecule has 19 heavy (non-hydrogen) atoms. The van der Waals surface area contributed by atoms with Gasteiger partial charge in [0.2, 0.25) is 5.91 Å². The summed E-state index contributed by atoms with van der Waals surface area (Å²) in [5.74, 6) is -1.05. The number of primary amides is 1. The first kappa shape index (κ1) is 14.0. The second-order valence-corrected chi connectivity index (χ2v) is 5.25. The van der Waals surface area contributed by atoms with Crippen LogP contribution in [0.2, 0.25) is 0 Å². The molecule has 104 valence electrons. The van der Waals surface area contributed by atoms with E-state index in [1.165, 1.54) is 12.1 Å². The number of rotatable bonds is 7. The molecule has 0 saturated heterocycles. The Morgan fingerprint density at radius 3 is 2.74 bits per heavy atom. The topological polar surface area (TPSA) is 75.4 Å². The molecule has 0 aliphatic heterocycles. The van der Waals surface area contributed by atoms with Crippen LogP contribution in [0.15, 0.2) is 18.2 Å². The van der Waals surface area contributed by atoms with Crippen molar-refractivity contribution in [1.29, 1.82) is 0 Å². The lowest BCUT2D eigenvalue weighted by atomic mass is 10.0. The fraction of sp³-hybridized carbons (Fsp3) is 0.500. The molecule has 0 unspecified atom stereocenters. The zero-order valence-electron chi connectivity index (χ0n) is 10.8. The maximum absolute atomic E-state index is 13.7. The van der Waals surface area contributed by atoms with Crippen molar-refractivity contribution >= 4 is 5.91 Å². The van der Waals surface area contributed by atoms with Crippen LogP contribution in [-0.4, -0.2) is 24.2 Å². The highest BCUT2D eigenvalue weighted by Crippen LogP contribution is 2.47. The third-order valence-electron chi connectivity index (χ3n) is 3.75. The highest BCUT2D eigenvalue weighted by molar-refractivity contribution is 5.92. The lowest BCUT2D eigenvalue weighted by Gasteiger charge is -2.14. The Balaban J connectivity index is 1.88. The average molecular weight is 266 g/mol. The summed E-state index contributed by atoms with van der Waals surface area (Å²) in [6.45, 7) is 1.39. The number of nitrogens with two attached hydrogens (primary N) is 1. The Labute approximate surface area is 111 Å². The number of halogens is 1. The first-order valence-corrected chi connectivity index (χ1v) is 6.46. The van der Waals surface area contributed by atoms with Gasteiger partial charge in [0.1, 0.15) is 5.82 Å². The molecule has 1 aromatic rings. The Morgan fingerprint density at radius 2 is 2.21 bits per heavy atom. The van der Waals surface area contributed by atoms with Crippen LogP contribution in [0.25, 0.3) is 0 Å². The van der Waals surface area contributed by atoms with Crippen molar-refractivity contribution in [3.8, 4) is 0 Å². The lowest BCUT2D eigenvalue weighted by molar-refractivity contribution is 0.1000. The molecule has 1 aliphatic rings. The average Bonchev–Trinajstić information content (AvgIpc) is 3.11. The van der Waals surface area contributed by atoms with E-state index < -0.39 is 11.7 Å². The predicted molar refractivity (Wildman–Crippen MR) is 70.0 cm³/mol. The van der Waals surface area contributed by atoms with E-state index in [9.17, 15) is 9.18 Å². The molecule has 2 rings (SSSR count). The first-order chi connectivity index (χ1) is 9.06. The highest BCUT2D eigenvalue weighted by Gasteiger charge is 2.41. The summed E-state index contributed by atoms with van der Waals surface area (Å²) >= 11 is 0. The Bertz CT molecular complexity index is 473. The van der Waals surface area contributed by atoms with E-state index in [0.29, 0.717) is 12.1 Å². The van der Waals surface area contributed by atoms with Crippen molar-refractivity contribution in [2.45, 2.75) is 25.8 Å². The van der Waals surface area contributed by atoms with Gasteiger partial charge in [-0.25, -0.2) is 4.39 Å². The van der Waals surface area contributed by atoms with Gasteiger partial charge in [0.05, 0.1) is 0 Å². The molecule has 5 heteroatoms. The first-order valence-electron chi connectivity index (χ1n) is 6.46. The molecule has 1 aliphatic carbocycles. The molecule has 4 N–H and O–H groups in total. The number of aliphatic hydroxyl groups excluding tert-OH is 1.